The number of imidazole rings is 1. The Balaban J connectivity index is 2.32. The molecule has 18 heavy (non-hydrogen) atoms. The van der Waals surface area contributed by atoms with E-state index in [9.17, 15) is 0 Å². The number of rotatable bonds is 4. The lowest BCUT2D eigenvalue weighted by Gasteiger charge is -2.11. The zero-order chi connectivity index (χ0) is 13.1. The maximum absolute atomic E-state index is 6.01. The van der Waals surface area contributed by atoms with Crippen LogP contribution in [0, 0.1) is 0 Å². The maximum atomic E-state index is 6.01. The molecule has 0 atom stereocenters. The van der Waals surface area contributed by atoms with E-state index in [1.54, 1.807) is 11.8 Å². The quantitative estimate of drug-likeness (QED) is 0.798. The van der Waals surface area contributed by atoms with Gasteiger partial charge in [0.1, 0.15) is 5.03 Å². The van der Waals surface area contributed by atoms with Gasteiger partial charge in [0, 0.05) is 16.5 Å². The van der Waals surface area contributed by atoms with Crippen LogP contribution in [-0.2, 0) is 6.54 Å². The number of halogens is 1. The minimum atomic E-state index is 0.467. The second-order valence-electron chi connectivity index (χ2n) is 4.44. The molecular formula is C14H17ClN2S. The predicted octanol–water partition coefficient (Wildman–Crippen LogP) is 4.83. The second kappa shape index (κ2) is 5.81. The standard InChI is InChI=1S/C14H17ClN2S/c1-4-17-9-16-14(13(17)10(2)3)18-12-7-5-6-11(15)8-12/h5-10H,4H2,1-3H3. The normalized spacial score (nSPS) is 11.2. The van der Waals surface area contributed by atoms with E-state index >= 15 is 0 Å². The summed E-state index contributed by atoms with van der Waals surface area (Å²) in [5, 5.41) is 1.84. The molecule has 0 unspecified atom stereocenters. The Morgan fingerprint density at radius 3 is 2.78 bits per heavy atom. The first-order chi connectivity index (χ1) is 8.61. The van der Waals surface area contributed by atoms with E-state index in [-0.39, 0.29) is 0 Å². The van der Waals surface area contributed by atoms with Crippen molar-refractivity contribution in [3.8, 4) is 0 Å². The first kappa shape index (κ1) is 13.5. The molecule has 1 heterocycles. The van der Waals surface area contributed by atoms with E-state index in [1.165, 1.54) is 5.69 Å². The molecule has 0 N–H and O–H groups in total. The SMILES string of the molecule is CCn1cnc(Sc2cccc(Cl)c2)c1C(C)C. The lowest BCUT2D eigenvalue weighted by Crippen LogP contribution is -2.01. The highest BCUT2D eigenvalue weighted by molar-refractivity contribution is 7.99. The van der Waals surface area contributed by atoms with Crippen LogP contribution in [0.2, 0.25) is 5.02 Å². The van der Waals surface area contributed by atoms with Crippen LogP contribution in [0.5, 0.6) is 0 Å². The smallest absolute Gasteiger partial charge is 0.122 e. The Kier molecular flexibility index (Phi) is 4.36. The fourth-order valence-corrected chi connectivity index (χ4v) is 3.29. The average Bonchev–Trinajstić information content (AvgIpc) is 2.72. The first-order valence-corrected chi connectivity index (χ1v) is 7.29. The highest BCUT2D eigenvalue weighted by atomic mass is 35.5. The molecule has 2 nitrogen and oxygen atoms in total. The van der Waals surface area contributed by atoms with Gasteiger partial charge in [-0.05, 0) is 31.0 Å². The third-order valence-electron chi connectivity index (χ3n) is 2.74. The third-order valence-corrected chi connectivity index (χ3v) is 3.97. The van der Waals surface area contributed by atoms with Gasteiger partial charge in [-0.1, -0.05) is 43.3 Å². The van der Waals surface area contributed by atoms with Crippen molar-refractivity contribution in [1.29, 1.82) is 0 Å². The van der Waals surface area contributed by atoms with E-state index in [2.05, 4.69) is 36.4 Å². The lowest BCUT2D eigenvalue weighted by molar-refractivity contribution is 0.661. The zero-order valence-electron chi connectivity index (χ0n) is 10.9. The van der Waals surface area contributed by atoms with Gasteiger partial charge in [-0.25, -0.2) is 4.98 Å². The molecule has 0 fully saturated rings. The Bertz CT molecular complexity index is 534. The monoisotopic (exact) mass is 280 g/mol. The van der Waals surface area contributed by atoms with Gasteiger partial charge in [-0.15, -0.1) is 0 Å². The van der Waals surface area contributed by atoms with Crippen molar-refractivity contribution in [2.45, 2.75) is 43.2 Å². The van der Waals surface area contributed by atoms with Crippen LogP contribution >= 0.6 is 23.4 Å². The van der Waals surface area contributed by atoms with Crippen LogP contribution < -0.4 is 0 Å². The van der Waals surface area contributed by atoms with Gasteiger partial charge in [0.25, 0.3) is 0 Å². The first-order valence-electron chi connectivity index (χ1n) is 6.10. The lowest BCUT2D eigenvalue weighted by atomic mass is 10.1. The fraction of sp³-hybridized carbons (Fsp3) is 0.357. The number of benzene rings is 1. The minimum absolute atomic E-state index is 0.467. The topological polar surface area (TPSA) is 17.8 Å². The molecule has 1 aromatic heterocycles. The molecule has 0 bridgehead atoms. The Hall–Kier alpha value is -0.930. The summed E-state index contributed by atoms with van der Waals surface area (Å²) in [5.41, 5.74) is 1.29. The molecule has 2 aromatic rings. The molecule has 0 amide bonds. The van der Waals surface area contributed by atoms with Crippen molar-refractivity contribution in [2.75, 3.05) is 0 Å². The molecule has 0 aliphatic carbocycles. The molecule has 0 aliphatic heterocycles. The Morgan fingerprint density at radius 1 is 1.39 bits per heavy atom. The van der Waals surface area contributed by atoms with Crippen molar-refractivity contribution < 1.29 is 0 Å². The summed E-state index contributed by atoms with van der Waals surface area (Å²) in [6, 6.07) is 7.89. The zero-order valence-corrected chi connectivity index (χ0v) is 12.4. The van der Waals surface area contributed by atoms with E-state index in [0.717, 1.165) is 21.5 Å². The van der Waals surface area contributed by atoms with E-state index < -0.39 is 0 Å². The predicted molar refractivity (Wildman–Crippen MR) is 77.6 cm³/mol. The van der Waals surface area contributed by atoms with Crippen LogP contribution in [0.3, 0.4) is 0 Å². The molecule has 2 rings (SSSR count). The minimum Gasteiger partial charge on any atom is -0.334 e. The number of hydrogen-bond acceptors (Lipinski definition) is 2. The van der Waals surface area contributed by atoms with E-state index in [0.29, 0.717) is 5.92 Å². The van der Waals surface area contributed by atoms with Gasteiger partial charge in [-0.3, -0.25) is 0 Å². The molecule has 1 aromatic carbocycles. The van der Waals surface area contributed by atoms with Crippen molar-refractivity contribution in [2.24, 2.45) is 0 Å². The van der Waals surface area contributed by atoms with E-state index in [1.807, 2.05) is 24.5 Å². The number of nitrogens with zero attached hydrogens (tertiary/aromatic N) is 2. The summed E-state index contributed by atoms with van der Waals surface area (Å²) < 4.78 is 2.21. The maximum Gasteiger partial charge on any atom is 0.122 e. The molecule has 0 spiro atoms. The highest BCUT2D eigenvalue weighted by Crippen LogP contribution is 2.33. The molecule has 4 heteroatoms. The number of hydrogen-bond donors (Lipinski definition) is 0. The number of aryl methyl sites for hydroxylation is 1. The summed E-state index contributed by atoms with van der Waals surface area (Å²) in [5.74, 6) is 0.467. The van der Waals surface area contributed by atoms with Gasteiger partial charge in [0.2, 0.25) is 0 Å². The molecule has 0 saturated carbocycles. The summed E-state index contributed by atoms with van der Waals surface area (Å²) in [4.78, 5) is 5.65. The van der Waals surface area contributed by atoms with Crippen LogP contribution in [0.25, 0.3) is 0 Å². The second-order valence-corrected chi connectivity index (χ2v) is 5.93. The van der Waals surface area contributed by atoms with Crippen molar-refractivity contribution in [3.05, 3.63) is 41.3 Å². The van der Waals surface area contributed by atoms with Crippen molar-refractivity contribution in [3.63, 3.8) is 0 Å². The molecule has 96 valence electrons. The average molecular weight is 281 g/mol. The summed E-state index contributed by atoms with van der Waals surface area (Å²) >= 11 is 7.68. The van der Waals surface area contributed by atoms with Gasteiger partial charge in [0.05, 0.1) is 12.0 Å². The van der Waals surface area contributed by atoms with Gasteiger partial charge < -0.3 is 4.57 Å². The molecule has 0 saturated heterocycles. The Morgan fingerprint density at radius 2 is 2.17 bits per heavy atom. The van der Waals surface area contributed by atoms with Crippen LogP contribution in [-0.4, -0.2) is 9.55 Å². The van der Waals surface area contributed by atoms with Crippen molar-refractivity contribution >= 4 is 23.4 Å². The van der Waals surface area contributed by atoms with Gasteiger partial charge >= 0.3 is 0 Å². The molecule has 0 aliphatic rings. The van der Waals surface area contributed by atoms with Crippen LogP contribution in [0.4, 0.5) is 0 Å². The largest absolute Gasteiger partial charge is 0.334 e. The Labute approximate surface area is 117 Å². The van der Waals surface area contributed by atoms with Gasteiger partial charge in [-0.2, -0.15) is 0 Å². The highest BCUT2D eigenvalue weighted by Gasteiger charge is 2.14. The number of aromatic nitrogens is 2. The van der Waals surface area contributed by atoms with Gasteiger partial charge in [0.15, 0.2) is 0 Å². The summed E-state index contributed by atoms with van der Waals surface area (Å²) in [7, 11) is 0. The van der Waals surface area contributed by atoms with Crippen LogP contribution in [0.15, 0.2) is 40.5 Å². The van der Waals surface area contributed by atoms with Crippen LogP contribution in [0.1, 0.15) is 32.4 Å². The summed E-state index contributed by atoms with van der Waals surface area (Å²) in [6.07, 6.45) is 1.92. The fourth-order valence-electron chi connectivity index (χ4n) is 1.92. The van der Waals surface area contributed by atoms with E-state index in [4.69, 9.17) is 11.6 Å². The molecular weight excluding hydrogens is 264 g/mol. The van der Waals surface area contributed by atoms with Crippen molar-refractivity contribution in [1.82, 2.24) is 9.55 Å². The summed E-state index contributed by atoms with van der Waals surface area (Å²) in [6.45, 7) is 7.49. The third kappa shape index (κ3) is 2.90. The molecule has 0 radical (unpaired) electrons.